The molecule has 0 aliphatic carbocycles. The van der Waals surface area contributed by atoms with Crippen LogP contribution in [0.25, 0.3) is 0 Å². The van der Waals surface area contributed by atoms with E-state index in [9.17, 15) is 17.6 Å². The number of esters is 1. The summed E-state index contributed by atoms with van der Waals surface area (Å²) in [5.41, 5.74) is 0. The minimum Gasteiger partial charge on any atom is -0.494 e. The molecule has 0 bridgehead atoms. The van der Waals surface area contributed by atoms with E-state index in [1.165, 1.54) is 26.4 Å². The number of methoxy groups -OCH3 is 2. The lowest BCUT2D eigenvalue weighted by atomic mass is 10.3. The summed E-state index contributed by atoms with van der Waals surface area (Å²) in [6.45, 7) is 1.76. The molecule has 21 heavy (non-hydrogen) atoms. The summed E-state index contributed by atoms with van der Waals surface area (Å²) >= 11 is 0. The van der Waals surface area contributed by atoms with Crippen molar-refractivity contribution in [2.75, 3.05) is 27.3 Å². The number of carbonyl (C=O) groups excluding carboxylic acids is 1. The highest BCUT2D eigenvalue weighted by Crippen LogP contribution is 2.23. The second-order valence-electron chi connectivity index (χ2n) is 4.12. The van der Waals surface area contributed by atoms with Crippen molar-refractivity contribution >= 4 is 16.0 Å². The maximum atomic E-state index is 13.6. The number of halogens is 1. The van der Waals surface area contributed by atoms with E-state index in [4.69, 9.17) is 4.74 Å². The van der Waals surface area contributed by atoms with Gasteiger partial charge in [0.25, 0.3) is 0 Å². The molecule has 0 aliphatic rings. The van der Waals surface area contributed by atoms with E-state index in [-0.39, 0.29) is 30.2 Å². The fraction of sp³-hybridized carbons (Fsp3) is 0.462. The molecule has 1 rings (SSSR count). The number of sulfonamides is 1. The van der Waals surface area contributed by atoms with Crippen molar-refractivity contribution in [1.29, 1.82) is 0 Å². The lowest BCUT2D eigenvalue weighted by molar-refractivity contribution is -0.140. The van der Waals surface area contributed by atoms with Crippen LogP contribution in [0.3, 0.4) is 0 Å². The third-order valence-electron chi connectivity index (χ3n) is 2.91. The van der Waals surface area contributed by atoms with Gasteiger partial charge in [0.1, 0.15) is 0 Å². The largest absolute Gasteiger partial charge is 0.494 e. The molecular formula is C13H18FNO5S. The van der Waals surface area contributed by atoms with E-state index in [1.54, 1.807) is 6.92 Å². The predicted octanol–water partition coefficient (Wildman–Crippen LogP) is 1.41. The van der Waals surface area contributed by atoms with Crippen LogP contribution in [-0.4, -0.2) is 46.0 Å². The van der Waals surface area contributed by atoms with Crippen LogP contribution in [0, 0.1) is 5.82 Å². The first-order chi connectivity index (χ1) is 9.86. The average molecular weight is 319 g/mol. The number of hydrogen-bond donors (Lipinski definition) is 0. The number of rotatable bonds is 7. The second kappa shape index (κ2) is 7.37. The topological polar surface area (TPSA) is 72.9 Å². The fourth-order valence-corrected chi connectivity index (χ4v) is 3.19. The van der Waals surface area contributed by atoms with Crippen LogP contribution in [-0.2, 0) is 19.6 Å². The standard InChI is InChI=1S/C13H18FNO5S/c1-4-15(8-7-13(16)20-3)21(17,18)10-5-6-12(19-2)11(14)9-10/h5-6,9H,4,7-8H2,1-3H3. The molecule has 0 unspecified atom stereocenters. The first-order valence-electron chi connectivity index (χ1n) is 6.27. The lowest BCUT2D eigenvalue weighted by Crippen LogP contribution is -2.33. The SMILES string of the molecule is CCN(CCC(=O)OC)S(=O)(=O)c1ccc(OC)c(F)c1. The molecule has 0 saturated heterocycles. The molecule has 1 aromatic carbocycles. The Morgan fingerprint density at radius 2 is 2.00 bits per heavy atom. The summed E-state index contributed by atoms with van der Waals surface area (Å²) in [6, 6.07) is 3.41. The van der Waals surface area contributed by atoms with E-state index in [0.29, 0.717) is 0 Å². The van der Waals surface area contributed by atoms with Crippen LogP contribution in [0.2, 0.25) is 0 Å². The average Bonchev–Trinajstić information content (AvgIpc) is 2.47. The molecule has 0 spiro atoms. The zero-order valence-corrected chi connectivity index (χ0v) is 12.9. The number of nitrogens with zero attached hydrogens (tertiary/aromatic N) is 1. The zero-order chi connectivity index (χ0) is 16.0. The maximum absolute atomic E-state index is 13.6. The summed E-state index contributed by atoms with van der Waals surface area (Å²) in [6.07, 6.45) is -0.0673. The van der Waals surface area contributed by atoms with Crippen LogP contribution in [0.4, 0.5) is 4.39 Å². The minimum atomic E-state index is -3.87. The zero-order valence-electron chi connectivity index (χ0n) is 12.1. The Morgan fingerprint density at radius 1 is 1.33 bits per heavy atom. The van der Waals surface area contributed by atoms with Crippen molar-refractivity contribution in [3.8, 4) is 5.75 Å². The summed E-state index contributed by atoms with van der Waals surface area (Å²) in [4.78, 5) is 10.9. The third kappa shape index (κ3) is 4.15. The Bertz CT molecular complexity index is 603. The highest BCUT2D eigenvalue weighted by atomic mass is 32.2. The normalized spacial score (nSPS) is 11.5. The number of hydrogen-bond acceptors (Lipinski definition) is 5. The molecule has 0 aromatic heterocycles. The monoisotopic (exact) mass is 319 g/mol. The smallest absolute Gasteiger partial charge is 0.306 e. The third-order valence-corrected chi connectivity index (χ3v) is 4.88. The predicted molar refractivity (Wildman–Crippen MR) is 74.0 cm³/mol. The van der Waals surface area contributed by atoms with Crippen molar-refractivity contribution in [2.45, 2.75) is 18.2 Å². The van der Waals surface area contributed by atoms with Gasteiger partial charge < -0.3 is 9.47 Å². The molecule has 1 aromatic rings. The molecule has 8 heteroatoms. The van der Waals surface area contributed by atoms with Gasteiger partial charge in [0.15, 0.2) is 11.6 Å². The van der Waals surface area contributed by atoms with Gasteiger partial charge in [-0.2, -0.15) is 4.31 Å². The number of benzene rings is 1. The molecule has 118 valence electrons. The van der Waals surface area contributed by atoms with Gasteiger partial charge in [-0.05, 0) is 18.2 Å². The van der Waals surface area contributed by atoms with Crippen molar-refractivity contribution in [3.05, 3.63) is 24.0 Å². The van der Waals surface area contributed by atoms with Crippen molar-refractivity contribution in [2.24, 2.45) is 0 Å². The maximum Gasteiger partial charge on any atom is 0.306 e. The van der Waals surface area contributed by atoms with E-state index >= 15 is 0 Å². The summed E-state index contributed by atoms with van der Waals surface area (Å²) < 4.78 is 48.7. The second-order valence-corrected chi connectivity index (χ2v) is 6.06. The lowest BCUT2D eigenvalue weighted by Gasteiger charge is -2.20. The van der Waals surface area contributed by atoms with Gasteiger partial charge in [0.2, 0.25) is 10.0 Å². The van der Waals surface area contributed by atoms with Crippen molar-refractivity contribution < 1.29 is 27.1 Å². The van der Waals surface area contributed by atoms with E-state index in [0.717, 1.165) is 10.4 Å². The van der Waals surface area contributed by atoms with E-state index in [2.05, 4.69) is 4.74 Å². The summed E-state index contributed by atoms with van der Waals surface area (Å²) in [5, 5.41) is 0. The fourth-order valence-electron chi connectivity index (χ4n) is 1.72. The number of ether oxygens (including phenoxy) is 2. The molecule has 0 heterocycles. The Labute approximate surface area is 123 Å². The van der Waals surface area contributed by atoms with Gasteiger partial charge in [-0.25, -0.2) is 12.8 Å². The molecule has 0 radical (unpaired) electrons. The Morgan fingerprint density at radius 3 is 2.48 bits per heavy atom. The molecule has 0 atom stereocenters. The first kappa shape index (κ1) is 17.4. The molecule has 0 amide bonds. The Balaban J connectivity index is 3.01. The molecule has 6 nitrogen and oxygen atoms in total. The summed E-state index contributed by atoms with van der Waals surface area (Å²) in [7, 11) is -1.35. The van der Waals surface area contributed by atoms with E-state index < -0.39 is 21.8 Å². The molecule has 0 fully saturated rings. The van der Waals surface area contributed by atoms with Gasteiger partial charge >= 0.3 is 5.97 Å². The molecule has 0 aliphatic heterocycles. The van der Waals surface area contributed by atoms with Crippen LogP contribution >= 0.6 is 0 Å². The van der Waals surface area contributed by atoms with Crippen LogP contribution in [0.5, 0.6) is 5.75 Å². The van der Waals surface area contributed by atoms with Gasteiger partial charge in [-0.1, -0.05) is 6.92 Å². The molecule has 0 saturated carbocycles. The number of carbonyl (C=O) groups is 1. The molecular weight excluding hydrogens is 301 g/mol. The van der Waals surface area contributed by atoms with Gasteiger partial charge in [-0.15, -0.1) is 0 Å². The van der Waals surface area contributed by atoms with Crippen LogP contribution in [0.15, 0.2) is 23.1 Å². The summed E-state index contributed by atoms with van der Waals surface area (Å²) in [5.74, 6) is -1.31. The Kier molecular flexibility index (Phi) is 6.10. The highest BCUT2D eigenvalue weighted by Gasteiger charge is 2.24. The first-order valence-corrected chi connectivity index (χ1v) is 7.71. The van der Waals surface area contributed by atoms with Crippen LogP contribution in [0.1, 0.15) is 13.3 Å². The van der Waals surface area contributed by atoms with Crippen molar-refractivity contribution in [3.63, 3.8) is 0 Å². The quantitative estimate of drug-likeness (QED) is 0.711. The van der Waals surface area contributed by atoms with Crippen LogP contribution < -0.4 is 4.74 Å². The van der Waals surface area contributed by atoms with Gasteiger partial charge in [0.05, 0.1) is 25.5 Å². The minimum absolute atomic E-state index is 0.0286. The van der Waals surface area contributed by atoms with Gasteiger partial charge in [0, 0.05) is 13.1 Å². The van der Waals surface area contributed by atoms with Crippen molar-refractivity contribution in [1.82, 2.24) is 4.31 Å². The van der Waals surface area contributed by atoms with E-state index in [1.807, 2.05) is 0 Å². The Hall–Kier alpha value is -1.67. The highest BCUT2D eigenvalue weighted by molar-refractivity contribution is 7.89. The van der Waals surface area contributed by atoms with Gasteiger partial charge in [-0.3, -0.25) is 4.79 Å². The molecule has 0 N–H and O–H groups in total.